The Bertz CT molecular complexity index is 429. The second kappa shape index (κ2) is 6.27. The van der Waals surface area contributed by atoms with Gasteiger partial charge in [-0.25, -0.2) is 0 Å². The Balaban J connectivity index is 2.15. The van der Waals surface area contributed by atoms with Crippen LogP contribution in [0.5, 0.6) is 0 Å². The van der Waals surface area contributed by atoms with Crippen LogP contribution in [0.1, 0.15) is 39.2 Å². The van der Waals surface area contributed by atoms with Gasteiger partial charge in [-0.05, 0) is 42.5 Å². The third-order valence-electron chi connectivity index (χ3n) is 3.81. The average molecular weight is 325 g/mol. The molecule has 0 saturated carbocycles. The Labute approximate surface area is 125 Å². The molecule has 0 aromatic heterocycles. The number of hydrogen-bond donors (Lipinski definition) is 1. The van der Waals surface area contributed by atoms with Crippen LogP contribution in [-0.4, -0.2) is 19.6 Å². The first-order chi connectivity index (χ1) is 9.02. The highest BCUT2D eigenvalue weighted by Gasteiger charge is 2.30. The standard InChI is InChI=1S/C16H25BrN2/c1-4-8-18-11-13-5-6-14(17)10-15(13)19-9-7-16(2,3)12-19/h5-6,10,18H,4,7-9,11-12H2,1-3H3. The number of nitrogens with zero attached hydrogens (tertiary/aromatic N) is 1. The van der Waals surface area contributed by atoms with E-state index in [9.17, 15) is 0 Å². The molecule has 0 spiro atoms. The maximum absolute atomic E-state index is 3.61. The van der Waals surface area contributed by atoms with Gasteiger partial charge in [0.2, 0.25) is 0 Å². The van der Waals surface area contributed by atoms with E-state index in [0.717, 1.165) is 19.6 Å². The summed E-state index contributed by atoms with van der Waals surface area (Å²) in [6, 6.07) is 6.66. The van der Waals surface area contributed by atoms with E-state index in [4.69, 9.17) is 0 Å². The molecule has 0 atom stereocenters. The van der Waals surface area contributed by atoms with Gasteiger partial charge in [0.15, 0.2) is 0 Å². The number of benzene rings is 1. The minimum absolute atomic E-state index is 0.441. The summed E-state index contributed by atoms with van der Waals surface area (Å²) in [7, 11) is 0. The summed E-state index contributed by atoms with van der Waals surface area (Å²) in [6.45, 7) is 11.3. The zero-order valence-corrected chi connectivity index (χ0v) is 13.9. The number of hydrogen-bond acceptors (Lipinski definition) is 2. The fourth-order valence-corrected chi connectivity index (χ4v) is 3.05. The van der Waals surface area contributed by atoms with Crippen molar-refractivity contribution in [2.45, 2.75) is 40.2 Å². The SMILES string of the molecule is CCCNCc1ccc(Br)cc1N1CCC(C)(C)C1. The zero-order valence-electron chi connectivity index (χ0n) is 12.3. The molecule has 2 rings (SSSR count). The van der Waals surface area contributed by atoms with Crippen molar-refractivity contribution in [3.63, 3.8) is 0 Å². The Morgan fingerprint density at radius 3 is 2.79 bits per heavy atom. The molecule has 1 N–H and O–H groups in total. The van der Waals surface area contributed by atoms with Crippen LogP contribution in [0.2, 0.25) is 0 Å². The molecule has 0 bridgehead atoms. The van der Waals surface area contributed by atoms with Crippen molar-refractivity contribution in [1.82, 2.24) is 5.32 Å². The largest absolute Gasteiger partial charge is 0.371 e. The molecular weight excluding hydrogens is 300 g/mol. The Morgan fingerprint density at radius 1 is 1.37 bits per heavy atom. The highest BCUT2D eigenvalue weighted by atomic mass is 79.9. The maximum atomic E-state index is 3.61. The minimum Gasteiger partial charge on any atom is -0.371 e. The van der Waals surface area contributed by atoms with E-state index >= 15 is 0 Å². The molecule has 0 unspecified atom stereocenters. The summed E-state index contributed by atoms with van der Waals surface area (Å²) in [5.41, 5.74) is 3.24. The fraction of sp³-hybridized carbons (Fsp3) is 0.625. The topological polar surface area (TPSA) is 15.3 Å². The lowest BCUT2D eigenvalue weighted by molar-refractivity contribution is 0.418. The second-order valence-electron chi connectivity index (χ2n) is 6.29. The Morgan fingerprint density at radius 2 is 2.16 bits per heavy atom. The first-order valence-corrected chi connectivity index (χ1v) is 8.05. The zero-order chi connectivity index (χ0) is 13.9. The van der Waals surface area contributed by atoms with Crippen molar-refractivity contribution in [3.05, 3.63) is 28.2 Å². The van der Waals surface area contributed by atoms with Crippen LogP contribution in [0, 0.1) is 5.41 Å². The third-order valence-corrected chi connectivity index (χ3v) is 4.30. The van der Waals surface area contributed by atoms with Gasteiger partial charge in [-0.3, -0.25) is 0 Å². The third kappa shape index (κ3) is 3.96. The van der Waals surface area contributed by atoms with Gasteiger partial charge in [-0.15, -0.1) is 0 Å². The molecule has 2 nitrogen and oxygen atoms in total. The van der Waals surface area contributed by atoms with Gasteiger partial charge in [-0.1, -0.05) is 42.8 Å². The lowest BCUT2D eigenvalue weighted by atomic mass is 9.93. The Hall–Kier alpha value is -0.540. The highest BCUT2D eigenvalue weighted by Crippen LogP contribution is 2.35. The van der Waals surface area contributed by atoms with Gasteiger partial charge in [0.05, 0.1) is 0 Å². The molecule has 0 aliphatic carbocycles. The van der Waals surface area contributed by atoms with Crippen LogP contribution in [0.25, 0.3) is 0 Å². The van der Waals surface area contributed by atoms with Crippen LogP contribution >= 0.6 is 15.9 Å². The van der Waals surface area contributed by atoms with Crippen LogP contribution in [0.4, 0.5) is 5.69 Å². The summed E-state index contributed by atoms with van der Waals surface area (Å²) >= 11 is 3.61. The second-order valence-corrected chi connectivity index (χ2v) is 7.20. The predicted molar refractivity (Wildman–Crippen MR) is 86.8 cm³/mol. The summed E-state index contributed by atoms with van der Waals surface area (Å²) in [5, 5.41) is 3.51. The van der Waals surface area contributed by atoms with Crippen molar-refractivity contribution >= 4 is 21.6 Å². The molecule has 1 aliphatic heterocycles. The number of anilines is 1. The fourth-order valence-electron chi connectivity index (χ4n) is 2.70. The van der Waals surface area contributed by atoms with E-state index in [1.165, 1.54) is 35.1 Å². The van der Waals surface area contributed by atoms with Gasteiger partial charge in [-0.2, -0.15) is 0 Å². The van der Waals surface area contributed by atoms with E-state index in [2.05, 4.69) is 65.1 Å². The van der Waals surface area contributed by atoms with Crippen LogP contribution in [-0.2, 0) is 6.54 Å². The average Bonchev–Trinajstić information content (AvgIpc) is 2.72. The monoisotopic (exact) mass is 324 g/mol. The van der Waals surface area contributed by atoms with Crippen molar-refractivity contribution in [2.24, 2.45) is 5.41 Å². The number of rotatable bonds is 5. The van der Waals surface area contributed by atoms with E-state index in [1.807, 2.05) is 0 Å². The van der Waals surface area contributed by atoms with Crippen LogP contribution in [0.3, 0.4) is 0 Å². The van der Waals surface area contributed by atoms with Crippen molar-refractivity contribution < 1.29 is 0 Å². The van der Waals surface area contributed by atoms with Crippen molar-refractivity contribution in [3.8, 4) is 0 Å². The number of nitrogens with one attached hydrogen (secondary N) is 1. The quantitative estimate of drug-likeness (QED) is 0.817. The van der Waals surface area contributed by atoms with E-state index in [1.54, 1.807) is 0 Å². The molecule has 0 radical (unpaired) electrons. The number of halogens is 1. The molecule has 1 fully saturated rings. The first-order valence-electron chi connectivity index (χ1n) is 7.26. The van der Waals surface area contributed by atoms with Gasteiger partial charge in [0.1, 0.15) is 0 Å². The van der Waals surface area contributed by atoms with Gasteiger partial charge in [0.25, 0.3) is 0 Å². The molecule has 19 heavy (non-hydrogen) atoms. The molecule has 1 aromatic carbocycles. The van der Waals surface area contributed by atoms with Gasteiger partial charge in [0, 0.05) is 29.8 Å². The van der Waals surface area contributed by atoms with E-state index in [0.29, 0.717) is 5.41 Å². The summed E-state index contributed by atoms with van der Waals surface area (Å²) in [6.07, 6.45) is 2.46. The van der Waals surface area contributed by atoms with E-state index in [-0.39, 0.29) is 0 Å². The molecule has 1 aliphatic rings. The molecule has 1 aromatic rings. The Kier molecular flexibility index (Phi) is 4.91. The normalized spacial score (nSPS) is 18.0. The molecule has 3 heteroatoms. The highest BCUT2D eigenvalue weighted by molar-refractivity contribution is 9.10. The summed E-state index contributed by atoms with van der Waals surface area (Å²) in [4.78, 5) is 2.54. The molecule has 1 saturated heterocycles. The predicted octanol–water partition coefficient (Wildman–Crippen LogP) is 4.19. The lowest BCUT2D eigenvalue weighted by Crippen LogP contribution is -2.25. The van der Waals surface area contributed by atoms with E-state index < -0.39 is 0 Å². The maximum Gasteiger partial charge on any atom is 0.0423 e. The molecule has 0 amide bonds. The summed E-state index contributed by atoms with van der Waals surface area (Å²) in [5.74, 6) is 0. The van der Waals surface area contributed by atoms with Crippen LogP contribution in [0.15, 0.2) is 22.7 Å². The van der Waals surface area contributed by atoms with Gasteiger partial charge >= 0.3 is 0 Å². The van der Waals surface area contributed by atoms with Crippen molar-refractivity contribution in [1.29, 1.82) is 0 Å². The first kappa shape index (κ1) is 14.9. The van der Waals surface area contributed by atoms with Crippen LogP contribution < -0.4 is 10.2 Å². The lowest BCUT2D eigenvalue weighted by Gasteiger charge is -2.24. The molecule has 106 valence electrons. The van der Waals surface area contributed by atoms with Crippen molar-refractivity contribution in [2.75, 3.05) is 24.5 Å². The summed E-state index contributed by atoms with van der Waals surface area (Å²) < 4.78 is 1.17. The van der Waals surface area contributed by atoms with Gasteiger partial charge < -0.3 is 10.2 Å². The molecular formula is C16H25BrN2. The molecule has 1 heterocycles. The minimum atomic E-state index is 0.441. The smallest absolute Gasteiger partial charge is 0.0423 e.